The first kappa shape index (κ1) is 16.7. The fourth-order valence-electron chi connectivity index (χ4n) is 4.50. The standard InChI is InChI=1S/C23H26N4/c1-3-7-19(8-4-1)16-25-12-11-22-21(18-25)15-24-23-26(13-14-27(22)23)17-20-9-5-2-6-10-20/h1-10,15,23H,11-14,16-18H2. The van der Waals surface area contributed by atoms with Crippen LogP contribution in [0.2, 0.25) is 0 Å². The van der Waals surface area contributed by atoms with Crippen molar-refractivity contribution in [1.82, 2.24) is 14.7 Å². The molecule has 1 fully saturated rings. The van der Waals surface area contributed by atoms with E-state index in [1.54, 1.807) is 0 Å². The van der Waals surface area contributed by atoms with Crippen molar-refractivity contribution in [1.29, 1.82) is 0 Å². The highest BCUT2D eigenvalue weighted by molar-refractivity contribution is 5.81. The molecule has 3 aliphatic heterocycles. The van der Waals surface area contributed by atoms with Crippen LogP contribution in [0.5, 0.6) is 0 Å². The van der Waals surface area contributed by atoms with Crippen molar-refractivity contribution in [2.24, 2.45) is 4.99 Å². The third-order valence-electron chi connectivity index (χ3n) is 5.85. The van der Waals surface area contributed by atoms with Gasteiger partial charge in [0.05, 0.1) is 0 Å². The Labute approximate surface area is 161 Å². The van der Waals surface area contributed by atoms with Crippen LogP contribution in [-0.2, 0) is 13.1 Å². The molecule has 0 bridgehead atoms. The van der Waals surface area contributed by atoms with Gasteiger partial charge in [-0.15, -0.1) is 0 Å². The lowest BCUT2D eigenvalue weighted by molar-refractivity contribution is 0.148. The van der Waals surface area contributed by atoms with Crippen LogP contribution in [0.15, 0.2) is 76.9 Å². The predicted octanol–water partition coefficient (Wildman–Crippen LogP) is 3.33. The predicted molar refractivity (Wildman–Crippen MR) is 109 cm³/mol. The number of rotatable bonds is 4. The zero-order chi connectivity index (χ0) is 18.1. The molecule has 0 radical (unpaired) electrons. The first-order valence-corrected chi connectivity index (χ1v) is 9.93. The number of hydrogen-bond donors (Lipinski definition) is 0. The van der Waals surface area contributed by atoms with Gasteiger partial charge in [-0.05, 0) is 11.1 Å². The maximum absolute atomic E-state index is 4.94. The summed E-state index contributed by atoms with van der Waals surface area (Å²) in [5, 5.41) is 0. The summed E-state index contributed by atoms with van der Waals surface area (Å²) in [7, 11) is 0. The van der Waals surface area contributed by atoms with Crippen LogP contribution in [0, 0.1) is 0 Å². The smallest absolute Gasteiger partial charge is 0.178 e. The average Bonchev–Trinajstić information content (AvgIpc) is 3.12. The summed E-state index contributed by atoms with van der Waals surface area (Å²) in [6, 6.07) is 21.5. The lowest BCUT2D eigenvalue weighted by Crippen LogP contribution is -2.44. The van der Waals surface area contributed by atoms with E-state index in [1.807, 2.05) is 0 Å². The van der Waals surface area contributed by atoms with Gasteiger partial charge < -0.3 is 4.90 Å². The molecule has 1 atom stereocenters. The third kappa shape index (κ3) is 3.43. The molecule has 0 spiro atoms. The number of aliphatic imine (C=N–C) groups is 1. The molecular weight excluding hydrogens is 332 g/mol. The van der Waals surface area contributed by atoms with Crippen molar-refractivity contribution < 1.29 is 0 Å². The molecule has 3 aliphatic rings. The van der Waals surface area contributed by atoms with Crippen molar-refractivity contribution in [3.05, 3.63) is 83.1 Å². The molecule has 1 saturated heterocycles. The second-order valence-electron chi connectivity index (χ2n) is 7.69. The Balaban J connectivity index is 1.27. The maximum Gasteiger partial charge on any atom is 0.178 e. The van der Waals surface area contributed by atoms with E-state index in [0.29, 0.717) is 0 Å². The molecule has 27 heavy (non-hydrogen) atoms. The summed E-state index contributed by atoms with van der Waals surface area (Å²) in [4.78, 5) is 12.5. The Hall–Kier alpha value is -2.43. The molecule has 1 unspecified atom stereocenters. The number of fused-ring (bicyclic) bond motifs is 2. The molecule has 5 rings (SSSR count). The van der Waals surface area contributed by atoms with Crippen LogP contribution in [0.25, 0.3) is 0 Å². The highest BCUT2D eigenvalue weighted by Gasteiger charge is 2.37. The van der Waals surface area contributed by atoms with Crippen LogP contribution in [0.1, 0.15) is 17.5 Å². The largest absolute Gasteiger partial charge is 0.339 e. The van der Waals surface area contributed by atoms with E-state index in [-0.39, 0.29) is 6.29 Å². The molecule has 0 amide bonds. The molecule has 0 aliphatic carbocycles. The summed E-state index contributed by atoms with van der Waals surface area (Å²) >= 11 is 0. The molecule has 4 nitrogen and oxygen atoms in total. The summed E-state index contributed by atoms with van der Waals surface area (Å²) in [6.45, 7) is 6.31. The van der Waals surface area contributed by atoms with E-state index in [0.717, 1.165) is 45.7 Å². The summed E-state index contributed by atoms with van der Waals surface area (Å²) in [5.41, 5.74) is 5.69. The van der Waals surface area contributed by atoms with Gasteiger partial charge in [-0.2, -0.15) is 0 Å². The first-order valence-electron chi connectivity index (χ1n) is 9.93. The van der Waals surface area contributed by atoms with E-state index in [2.05, 4.69) is 81.6 Å². The van der Waals surface area contributed by atoms with E-state index in [4.69, 9.17) is 4.99 Å². The van der Waals surface area contributed by atoms with Gasteiger partial charge in [-0.1, -0.05) is 60.7 Å². The maximum atomic E-state index is 4.94. The third-order valence-corrected chi connectivity index (χ3v) is 5.85. The van der Waals surface area contributed by atoms with Gasteiger partial charge in [0.25, 0.3) is 0 Å². The molecule has 2 aromatic rings. The zero-order valence-corrected chi connectivity index (χ0v) is 15.7. The van der Waals surface area contributed by atoms with Crippen LogP contribution in [0.3, 0.4) is 0 Å². The van der Waals surface area contributed by atoms with Crippen molar-refractivity contribution in [3.63, 3.8) is 0 Å². The highest BCUT2D eigenvalue weighted by atomic mass is 15.5. The van der Waals surface area contributed by atoms with Crippen LogP contribution in [0.4, 0.5) is 0 Å². The van der Waals surface area contributed by atoms with Crippen LogP contribution in [-0.4, -0.2) is 53.4 Å². The van der Waals surface area contributed by atoms with Gasteiger partial charge in [0.15, 0.2) is 6.29 Å². The minimum atomic E-state index is 0.185. The quantitative estimate of drug-likeness (QED) is 0.837. The normalized spacial score (nSPS) is 22.8. The molecule has 4 heteroatoms. The summed E-state index contributed by atoms with van der Waals surface area (Å²) < 4.78 is 0. The van der Waals surface area contributed by atoms with Crippen molar-refractivity contribution >= 4 is 6.21 Å². The minimum Gasteiger partial charge on any atom is -0.339 e. The van der Waals surface area contributed by atoms with Crippen molar-refractivity contribution in [2.75, 3.05) is 26.2 Å². The molecule has 2 aromatic carbocycles. The fraction of sp³-hybridized carbons (Fsp3) is 0.348. The van der Waals surface area contributed by atoms with Gasteiger partial charge in [-0.3, -0.25) is 14.8 Å². The Morgan fingerprint density at radius 3 is 2.26 bits per heavy atom. The van der Waals surface area contributed by atoms with E-state index in [9.17, 15) is 0 Å². The average molecular weight is 358 g/mol. The van der Waals surface area contributed by atoms with E-state index in [1.165, 1.54) is 22.4 Å². The number of benzene rings is 2. The molecule has 0 aromatic heterocycles. The lowest BCUT2D eigenvalue weighted by Gasteiger charge is -2.39. The van der Waals surface area contributed by atoms with Crippen molar-refractivity contribution in [2.45, 2.75) is 25.8 Å². The Morgan fingerprint density at radius 1 is 0.815 bits per heavy atom. The van der Waals surface area contributed by atoms with Gasteiger partial charge in [-0.25, -0.2) is 0 Å². The van der Waals surface area contributed by atoms with Gasteiger partial charge >= 0.3 is 0 Å². The number of hydrogen-bond acceptors (Lipinski definition) is 4. The SMILES string of the molecule is C1=NC2N(Cc3ccccc3)CCN2C2=C1CN(Cc1ccccc1)CC2. The second kappa shape index (κ2) is 7.29. The second-order valence-corrected chi connectivity index (χ2v) is 7.69. The van der Waals surface area contributed by atoms with Gasteiger partial charge in [0.2, 0.25) is 0 Å². The molecule has 0 saturated carbocycles. The molecule has 138 valence electrons. The molecular formula is C23H26N4. The zero-order valence-electron chi connectivity index (χ0n) is 15.7. The highest BCUT2D eigenvalue weighted by Crippen LogP contribution is 2.32. The lowest BCUT2D eigenvalue weighted by atomic mass is 10.0. The first-order chi connectivity index (χ1) is 13.4. The van der Waals surface area contributed by atoms with Gasteiger partial charge in [0.1, 0.15) is 0 Å². The van der Waals surface area contributed by atoms with Crippen LogP contribution >= 0.6 is 0 Å². The topological polar surface area (TPSA) is 22.1 Å². The minimum absolute atomic E-state index is 0.185. The van der Waals surface area contributed by atoms with Crippen molar-refractivity contribution in [3.8, 4) is 0 Å². The monoisotopic (exact) mass is 358 g/mol. The Bertz CT molecular complexity index is 843. The summed E-state index contributed by atoms with van der Waals surface area (Å²) in [5.74, 6) is 0. The van der Waals surface area contributed by atoms with E-state index < -0.39 is 0 Å². The van der Waals surface area contributed by atoms with Gasteiger partial charge in [0, 0.05) is 63.2 Å². The molecule has 0 N–H and O–H groups in total. The molecule has 3 heterocycles. The van der Waals surface area contributed by atoms with E-state index >= 15 is 0 Å². The summed E-state index contributed by atoms with van der Waals surface area (Å²) in [6.07, 6.45) is 3.46. The Morgan fingerprint density at radius 2 is 1.52 bits per heavy atom. The number of nitrogens with zero attached hydrogens (tertiary/aromatic N) is 4. The fourth-order valence-corrected chi connectivity index (χ4v) is 4.50. The van der Waals surface area contributed by atoms with Crippen LogP contribution < -0.4 is 0 Å². The Kier molecular flexibility index (Phi) is 4.52.